The first-order valence-corrected chi connectivity index (χ1v) is 23.5. The van der Waals surface area contributed by atoms with E-state index in [2.05, 4.69) is 62.5 Å². The number of hydrogen-bond acceptors (Lipinski definition) is 17. The molecule has 0 unspecified atom stereocenters. The maximum absolute atomic E-state index is 13.9. The number of amides is 8. The van der Waals surface area contributed by atoms with E-state index in [0.29, 0.717) is 17.5 Å². The third-order valence-electron chi connectivity index (χ3n) is 10.5. The number of aromatic hydroxyl groups is 2. The highest BCUT2D eigenvalue weighted by molar-refractivity contribution is 7.80. The van der Waals surface area contributed by atoms with E-state index in [0.717, 1.165) is 0 Å². The van der Waals surface area contributed by atoms with Crippen LogP contribution in [-0.2, 0) is 65.6 Å². The molecule has 26 nitrogen and oxygen atoms in total. The van der Waals surface area contributed by atoms with Gasteiger partial charge < -0.3 is 80.0 Å². The molecular weight excluding hydrogens is 989 g/mol. The van der Waals surface area contributed by atoms with Crippen LogP contribution < -0.4 is 54.4 Å². The Bertz CT molecular complexity index is 2220. The highest BCUT2D eigenvalue weighted by Gasteiger charge is 2.35. The Morgan fingerprint density at radius 2 is 0.847 bits per heavy atom. The van der Waals surface area contributed by atoms with Gasteiger partial charge in [0.2, 0.25) is 47.3 Å². The fraction of sp³-hybridized carbons (Fsp3) is 0.477. The number of thiol groups is 2. The average molecular weight is 1050 g/mol. The molecule has 0 saturated carbocycles. The van der Waals surface area contributed by atoms with Gasteiger partial charge >= 0.3 is 17.9 Å². The molecule has 8 atom stereocenters. The fourth-order valence-corrected chi connectivity index (χ4v) is 7.10. The van der Waals surface area contributed by atoms with Crippen molar-refractivity contribution in [2.75, 3.05) is 18.1 Å². The summed E-state index contributed by atoms with van der Waals surface area (Å²) in [7, 11) is 0. The monoisotopic (exact) mass is 1050 g/mol. The molecule has 2 aromatic rings. The predicted molar refractivity (Wildman–Crippen MR) is 261 cm³/mol. The molecule has 0 aromatic heterocycles. The lowest BCUT2D eigenvalue weighted by Crippen LogP contribution is -2.60. The van der Waals surface area contributed by atoms with Crippen molar-refractivity contribution in [3.8, 4) is 11.5 Å². The number of hydrogen-bond donors (Lipinski definition) is 17. The molecule has 0 aliphatic rings. The topological polar surface area (TPSA) is 451 Å². The third-order valence-corrected chi connectivity index (χ3v) is 11.3. The van der Waals surface area contributed by atoms with Crippen molar-refractivity contribution in [1.29, 1.82) is 0 Å². The third kappa shape index (κ3) is 22.3. The molecule has 2 rings (SSSR count). The van der Waals surface area contributed by atoms with Crippen molar-refractivity contribution in [2.45, 2.75) is 113 Å². The molecular formula is C44H62N10O16S2. The van der Waals surface area contributed by atoms with Crippen LogP contribution in [0.5, 0.6) is 11.5 Å². The number of carboxylic acid groups (broad SMARTS) is 3. The molecule has 28 heteroatoms. The molecule has 0 fully saturated rings. The minimum atomic E-state index is -1.94. The molecule has 396 valence electrons. The lowest BCUT2D eigenvalue weighted by Gasteiger charge is -2.27. The maximum atomic E-state index is 13.9. The molecule has 0 aliphatic heterocycles. The van der Waals surface area contributed by atoms with E-state index < -0.39 is 146 Å². The summed E-state index contributed by atoms with van der Waals surface area (Å²) < 4.78 is 0. The Hall–Kier alpha value is -7.17. The quantitative estimate of drug-likeness (QED) is 0.0241. The van der Waals surface area contributed by atoms with Gasteiger partial charge in [-0.05, 0) is 80.5 Å². The van der Waals surface area contributed by atoms with Crippen molar-refractivity contribution in [2.24, 2.45) is 17.2 Å². The van der Waals surface area contributed by atoms with Crippen LogP contribution >= 0.6 is 25.3 Å². The lowest BCUT2D eigenvalue weighted by molar-refractivity contribution is -0.142. The second kappa shape index (κ2) is 31.2. The largest absolute Gasteiger partial charge is 0.508 e. The van der Waals surface area contributed by atoms with Gasteiger partial charge in [0.15, 0.2) is 0 Å². The van der Waals surface area contributed by atoms with Crippen molar-refractivity contribution in [1.82, 2.24) is 37.2 Å². The molecule has 8 amide bonds. The number of benzene rings is 2. The smallest absolute Gasteiger partial charge is 0.326 e. The van der Waals surface area contributed by atoms with Gasteiger partial charge in [-0.1, -0.05) is 24.3 Å². The Labute approximate surface area is 423 Å². The van der Waals surface area contributed by atoms with Gasteiger partial charge in [0.25, 0.3) is 0 Å². The maximum Gasteiger partial charge on any atom is 0.326 e. The first-order valence-electron chi connectivity index (χ1n) is 22.3. The van der Waals surface area contributed by atoms with Crippen molar-refractivity contribution in [3.63, 3.8) is 0 Å². The highest BCUT2D eigenvalue weighted by Crippen LogP contribution is 2.14. The van der Waals surface area contributed by atoms with E-state index >= 15 is 0 Å². The van der Waals surface area contributed by atoms with Crippen LogP contribution in [0.1, 0.15) is 62.5 Å². The number of nitrogens with one attached hydrogen (secondary N) is 7. The van der Waals surface area contributed by atoms with Gasteiger partial charge in [-0.2, -0.15) is 25.3 Å². The zero-order chi connectivity index (χ0) is 54.1. The summed E-state index contributed by atoms with van der Waals surface area (Å²) in [5.41, 5.74) is 18.0. The molecule has 0 spiro atoms. The van der Waals surface area contributed by atoms with Crippen molar-refractivity contribution in [3.05, 3.63) is 59.7 Å². The fourth-order valence-electron chi connectivity index (χ4n) is 6.58. The van der Waals surface area contributed by atoms with Gasteiger partial charge in [-0.15, -0.1) is 0 Å². The standard InChI is InChI=1S/C44H62N10O16S2/c45-16-2-1-3-27(38(63)49-28(12-14-34(47)57)40(65)54-33(21-72)43(68)52-31(44(69)70)18-23-6-10-25(56)11-7-23)48-39(64)29(13-15-35(58)59)50-41(66)30(19-36(60)61)51-42(67)32(20-71)53-37(62)26(46)17-22-4-8-24(55)9-5-22/h4-11,26-33,55-56,71-72H,1-3,12-21,45-46H2,(H2,47,57)(H,48,64)(H,49,63)(H,50,66)(H,51,67)(H,52,68)(H,53,62)(H,54,65)(H,58,59)(H,60,61)(H,69,70)/t26-,27-,28-,29-,30-,31-,32-,33-/m0/s1. The number of rotatable bonds is 33. The minimum Gasteiger partial charge on any atom is -0.508 e. The van der Waals surface area contributed by atoms with Crippen LogP contribution in [0.3, 0.4) is 0 Å². The first-order chi connectivity index (χ1) is 34.0. The number of carbonyl (C=O) groups is 11. The highest BCUT2D eigenvalue weighted by atomic mass is 32.1. The van der Waals surface area contributed by atoms with Gasteiger partial charge in [0.1, 0.15) is 53.8 Å². The van der Waals surface area contributed by atoms with E-state index in [1.54, 1.807) is 0 Å². The second-order valence-electron chi connectivity index (χ2n) is 16.3. The molecule has 0 aliphatic carbocycles. The van der Waals surface area contributed by atoms with Gasteiger partial charge in [-0.3, -0.25) is 47.9 Å². The van der Waals surface area contributed by atoms with Crippen molar-refractivity contribution >= 4 is 90.4 Å². The van der Waals surface area contributed by atoms with E-state index in [1.807, 2.05) is 0 Å². The number of aliphatic carboxylic acids is 3. The van der Waals surface area contributed by atoms with Crippen LogP contribution in [0, 0.1) is 0 Å². The molecule has 72 heavy (non-hydrogen) atoms. The molecule has 0 heterocycles. The van der Waals surface area contributed by atoms with E-state index in [-0.39, 0.29) is 55.2 Å². The van der Waals surface area contributed by atoms with Crippen molar-refractivity contribution < 1.29 is 78.3 Å². The number of phenols is 2. The molecule has 0 saturated heterocycles. The van der Waals surface area contributed by atoms with Gasteiger partial charge in [0, 0.05) is 30.8 Å². The summed E-state index contributed by atoms with van der Waals surface area (Å²) in [4.78, 5) is 142. The Morgan fingerprint density at radius 1 is 0.472 bits per heavy atom. The molecule has 0 bridgehead atoms. The van der Waals surface area contributed by atoms with E-state index in [4.69, 9.17) is 17.2 Å². The van der Waals surface area contributed by atoms with Crippen LogP contribution in [0.2, 0.25) is 0 Å². The SMILES string of the molecule is NCCCC[C@H](NC(=O)[C@H](CCC(=O)O)NC(=O)[C@H](CC(=O)O)NC(=O)[C@H](CS)NC(=O)[C@@H](N)Cc1ccc(O)cc1)C(=O)N[C@@H](CCC(N)=O)C(=O)N[C@@H](CS)C(=O)N[C@@H](Cc1ccc(O)cc1)C(=O)O. The summed E-state index contributed by atoms with van der Waals surface area (Å²) >= 11 is 8.18. The molecule has 18 N–H and O–H groups in total. The Balaban J connectivity index is 2.32. The number of carbonyl (C=O) groups excluding carboxylic acids is 8. The number of phenolic OH excluding ortho intramolecular Hbond substituents is 2. The first kappa shape index (κ1) is 61.0. The average Bonchev–Trinajstić information content (AvgIpc) is 3.32. The number of carboxylic acids is 3. The van der Waals surface area contributed by atoms with Gasteiger partial charge in [0.05, 0.1) is 12.5 Å². The summed E-state index contributed by atoms with van der Waals surface area (Å²) in [5, 5.41) is 64.1. The summed E-state index contributed by atoms with van der Waals surface area (Å²) in [5.74, 6) is -13.7. The normalized spacial score (nSPS) is 14.2. The van der Waals surface area contributed by atoms with E-state index in [9.17, 15) is 78.3 Å². The zero-order valence-corrected chi connectivity index (χ0v) is 40.6. The minimum absolute atomic E-state index is 0.0162. The lowest BCUT2D eigenvalue weighted by atomic mass is 10.0. The Kier molecular flexibility index (Phi) is 26.4. The van der Waals surface area contributed by atoms with E-state index in [1.165, 1.54) is 48.5 Å². The number of nitrogens with two attached hydrogens (primary N) is 3. The zero-order valence-electron chi connectivity index (χ0n) is 38.8. The molecule has 2 aromatic carbocycles. The molecule has 0 radical (unpaired) electrons. The van der Waals surface area contributed by atoms with Crippen LogP contribution in [0.15, 0.2) is 48.5 Å². The number of primary amides is 1. The second-order valence-corrected chi connectivity index (χ2v) is 17.0. The van der Waals surface area contributed by atoms with Gasteiger partial charge in [-0.25, -0.2) is 4.79 Å². The summed E-state index contributed by atoms with van der Waals surface area (Å²) in [6.45, 7) is 0.134. The van der Waals surface area contributed by atoms with Crippen LogP contribution in [0.4, 0.5) is 0 Å². The summed E-state index contributed by atoms with van der Waals surface area (Å²) in [6.07, 6.45) is -3.33. The number of unbranched alkanes of at least 4 members (excludes halogenated alkanes) is 1. The Morgan fingerprint density at radius 3 is 1.26 bits per heavy atom. The predicted octanol–water partition coefficient (Wildman–Crippen LogP) is -3.72. The van der Waals surface area contributed by atoms with Crippen LogP contribution in [-0.4, -0.2) is 157 Å². The van der Waals surface area contributed by atoms with Crippen LogP contribution in [0.25, 0.3) is 0 Å². The summed E-state index contributed by atoms with van der Waals surface area (Å²) in [6, 6.07) is -1.35.